The topological polar surface area (TPSA) is 77.9 Å². The number of carboxylic acids is 1. The van der Waals surface area contributed by atoms with Gasteiger partial charge >= 0.3 is 5.97 Å². The lowest BCUT2D eigenvalue weighted by molar-refractivity contribution is -0.129. The van der Waals surface area contributed by atoms with E-state index in [1.807, 2.05) is 27.7 Å². The maximum atomic E-state index is 13.7. The quantitative estimate of drug-likeness (QED) is 0.615. The minimum atomic E-state index is -1.09. The number of amides is 2. The predicted octanol–water partition coefficient (Wildman–Crippen LogP) is 4.87. The van der Waals surface area contributed by atoms with Crippen molar-refractivity contribution >= 4 is 34.8 Å². The first-order valence-corrected chi connectivity index (χ1v) is 12.0. The molecule has 176 valence electrons. The summed E-state index contributed by atoms with van der Waals surface area (Å²) in [5, 5.41) is 9.88. The van der Waals surface area contributed by atoms with Gasteiger partial charge in [0.05, 0.1) is 10.6 Å². The summed E-state index contributed by atoms with van der Waals surface area (Å²) in [6.45, 7) is 9.97. The monoisotopic (exact) mass is 460 g/mol. The van der Waals surface area contributed by atoms with Crippen LogP contribution < -0.4 is 4.90 Å². The molecule has 0 aliphatic heterocycles. The average Bonchev–Trinajstić information content (AvgIpc) is 3.10. The first kappa shape index (κ1) is 25.9. The molecule has 0 unspecified atom stereocenters. The van der Waals surface area contributed by atoms with Crippen LogP contribution in [0.25, 0.3) is 0 Å². The van der Waals surface area contributed by atoms with Crippen LogP contribution in [0.4, 0.5) is 5.69 Å². The van der Waals surface area contributed by atoms with Crippen molar-refractivity contribution in [3.8, 4) is 11.8 Å². The summed E-state index contributed by atoms with van der Waals surface area (Å²) in [6, 6.07) is 1.24. The smallest absolute Gasteiger partial charge is 0.348 e. The van der Waals surface area contributed by atoms with Crippen LogP contribution in [-0.4, -0.2) is 47.9 Å². The molecular weight excluding hydrogens is 424 g/mol. The van der Waals surface area contributed by atoms with Crippen LogP contribution in [0.2, 0.25) is 0 Å². The fourth-order valence-corrected chi connectivity index (χ4v) is 4.67. The van der Waals surface area contributed by atoms with E-state index in [1.165, 1.54) is 4.90 Å². The molecule has 1 saturated carbocycles. The highest BCUT2D eigenvalue weighted by Crippen LogP contribution is 2.36. The van der Waals surface area contributed by atoms with Crippen molar-refractivity contribution in [2.75, 3.05) is 19.0 Å². The molecule has 6 nitrogen and oxygen atoms in total. The van der Waals surface area contributed by atoms with Gasteiger partial charge in [0.15, 0.2) is 0 Å². The molecule has 1 aromatic heterocycles. The molecule has 2 rings (SSSR count). The van der Waals surface area contributed by atoms with Crippen LogP contribution in [0, 0.1) is 29.1 Å². The van der Waals surface area contributed by atoms with E-state index in [9.17, 15) is 19.5 Å². The van der Waals surface area contributed by atoms with Crippen molar-refractivity contribution in [2.24, 2.45) is 17.3 Å². The number of carbonyl (C=O) groups excluding carboxylic acids is 2. The number of carboxylic acid groups (broad SMARTS) is 1. The van der Waals surface area contributed by atoms with E-state index in [1.54, 1.807) is 25.1 Å². The van der Waals surface area contributed by atoms with Crippen LogP contribution in [-0.2, 0) is 9.59 Å². The molecule has 2 amide bonds. The second-order valence-electron chi connectivity index (χ2n) is 10.1. The number of nitrogens with zero attached hydrogens (tertiary/aromatic N) is 2. The van der Waals surface area contributed by atoms with Crippen molar-refractivity contribution in [3.63, 3.8) is 0 Å². The van der Waals surface area contributed by atoms with Gasteiger partial charge in [-0.15, -0.1) is 11.3 Å². The maximum absolute atomic E-state index is 13.7. The Labute approximate surface area is 196 Å². The van der Waals surface area contributed by atoms with E-state index in [0.717, 1.165) is 37.0 Å². The van der Waals surface area contributed by atoms with E-state index in [4.69, 9.17) is 0 Å². The molecule has 0 spiro atoms. The largest absolute Gasteiger partial charge is 0.477 e. The summed E-state index contributed by atoms with van der Waals surface area (Å²) < 4.78 is 0. The highest BCUT2D eigenvalue weighted by molar-refractivity contribution is 7.15. The average molecular weight is 461 g/mol. The summed E-state index contributed by atoms with van der Waals surface area (Å²) in [4.78, 5) is 41.9. The third-order valence-electron chi connectivity index (χ3n) is 5.74. The molecule has 1 fully saturated rings. The van der Waals surface area contributed by atoms with E-state index in [0.29, 0.717) is 16.5 Å². The van der Waals surface area contributed by atoms with Crippen LogP contribution in [0.5, 0.6) is 0 Å². The van der Waals surface area contributed by atoms with Crippen molar-refractivity contribution in [2.45, 2.75) is 72.8 Å². The molecule has 0 aromatic carbocycles. The van der Waals surface area contributed by atoms with Crippen molar-refractivity contribution in [3.05, 3.63) is 15.8 Å². The van der Waals surface area contributed by atoms with Crippen LogP contribution in [0.15, 0.2) is 6.07 Å². The molecule has 1 heterocycles. The molecule has 1 aliphatic rings. The first-order chi connectivity index (χ1) is 14.8. The fraction of sp³-hybridized carbons (Fsp3) is 0.640. The Balaban J connectivity index is 2.51. The lowest BCUT2D eigenvalue weighted by atomic mass is 9.82. The summed E-state index contributed by atoms with van der Waals surface area (Å²) in [5.74, 6) is 5.35. The third-order valence-corrected chi connectivity index (χ3v) is 6.77. The van der Waals surface area contributed by atoms with Gasteiger partial charge in [-0.05, 0) is 65.4 Å². The summed E-state index contributed by atoms with van der Waals surface area (Å²) in [7, 11) is 3.36. The lowest BCUT2D eigenvalue weighted by Crippen LogP contribution is -2.45. The van der Waals surface area contributed by atoms with Gasteiger partial charge in [0, 0.05) is 37.9 Å². The normalized spacial score (nSPS) is 19.5. The molecule has 1 N–H and O–H groups in total. The zero-order chi connectivity index (χ0) is 24.2. The minimum Gasteiger partial charge on any atom is -0.477 e. The zero-order valence-electron chi connectivity index (χ0n) is 20.3. The van der Waals surface area contributed by atoms with Gasteiger partial charge in [0.2, 0.25) is 11.8 Å². The molecule has 1 atom stereocenters. The Morgan fingerprint density at radius 1 is 1.19 bits per heavy atom. The van der Waals surface area contributed by atoms with E-state index in [2.05, 4.69) is 18.8 Å². The number of aromatic carboxylic acids is 1. The number of anilines is 1. The van der Waals surface area contributed by atoms with E-state index in [-0.39, 0.29) is 34.4 Å². The first-order valence-electron chi connectivity index (χ1n) is 11.2. The number of thiophene rings is 1. The second-order valence-corrected chi connectivity index (χ2v) is 11.2. The van der Waals surface area contributed by atoms with Gasteiger partial charge in [0.1, 0.15) is 4.88 Å². The standard InChI is InChI=1S/C25H36N2O4S/c1-16-8-10-18(11-9-16)23(29)27(17(2)14-21(28)26(6)7)20-15-19(12-13-25(3,4)5)32-22(20)24(30)31/h15-18H,8-11,14H2,1-7H3,(H,30,31)/t16-,17-,18-/m1/s1. The highest BCUT2D eigenvalue weighted by atomic mass is 32.1. The van der Waals surface area contributed by atoms with Crippen molar-refractivity contribution in [1.82, 2.24) is 4.90 Å². The van der Waals surface area contributed by atoms with Gasteiger partial charge in [-0.3, -0.25) is 9.59 Å². The lowest BCUT2D eigenvalue weighted by Gasteiger charge is -2.35. The van der Waals surface area contributed by atoms with Gasteiger partial charge in [0.25, 0.3) is 0 Å². The number of hydrogen-bond acceptors (Lipinski definition) is 4. The predicted molar refractivity (Wildman–Crippen MR) is 129 cm³/mol. The number of rotatable bonds is 6. The van der Waals surface area contributed by atoms with Crippen LogP contribution >= 0.6 is 11.3 Å². The summed E-state index contributed by atoms with van der Waals surface area (Å²) in [5.41, 5.74) is 0.121. The van der Waals surface area contributed by atoms with E-state index < -0.39 is 12.0 Å². The highest BCUT2D eigenvalue weighted by Gasteiger charge is 2.35. The Hall–Kier alpha value is -2.33. The molecule has 32 heavy (non-hydrogen) atoms. The SMILES string of the molecule is C[C@H](CC(=O)N(C)C)N(c1cc(C#CC(C)(C)C)sc1C(=O)O)C(=O)[C@H]1CC[C@H](C)CC1. The van der Waals surface area contributed by atoms with E-state index >= 15 is 0 Å². The molecule has 1 aliphatic carbocycles. The Kier molecular flexibility index (Phi) is 8.53. The van der Waals surface area contributed by atoms with Crippen molar-refractivity contribution < 1.29 is 19.5 Å². The second kappa shape index (κ2) is 10.5. The van der Waals surface area contributed by atoms with Gasteiger partial charge in [-0.25, -0.2) is 4.79 Å². The maximum Gasteiger partial charge on any atom is 0.348 e. The third kappa shape index (κ3) is 6.83. The number of hydrogen-bond donors (Lipinski definition) is 1. The van der Waals surface area contributed by atoms with Gasteiger partial charge in [-0.1, -0.05) is 18.8 Å². The summed E-state index contributed by atoms with van der Waals surface area (Å²) >= 11 is 1.08. The number of carbonyl (C=O) groups is 3. The Bertz CT molecular complexity index is 909. The van der Waals surface area contributed by atoms with Crippen LogP contribution in [0.3, 0.4) is 0 Å². The van der Waals surface area contributed by atoms with Gasteiger partial charge < -0.3 is 14.9 Å². The molecule has 1 aromatic rings. The molecule has 0 saturated heterocycles. The fourth-order valence-electron chi connectivity index (χ4n) is 3.83. The Morgan fingerprint density at radius 3 is 2.28 bits per heavy atom. The van der Waals surface area contributed by atoms with Crippen LogP contribution in [0.1, 0.15) is 81.3 Å². The van der Waals surface area contributed by atoms with Crippen molar-refractivity contribution in [1.29, 1.82) is 0 Å². The summed E-state index contributed by atoms with van der Waals surface area (Å²) in [6.07, 6.45) is 3.65. The minimum absolute atomic E-state index is 0.0879. The molecule has 7 heteroatoms. The van der Waals surface area contributed by atoms with Gasteiger partial charge in [-0.2, -0.15) is 0 Å². The zero-order valence-corrected chi connectivity index (χ0v) is 21.1. The molecular formula is C25H36N2O4S. The molecule has 0 bridgehead atoms. The molecule has 0 radical (unpaired) electrons. The Morgan fingerprint density at radius 2 is 1.78 bits per heavy atom.